The van der Waals surface area contributed by atoms with Gasteiger partial charge in [0.05, 0.1) is 6.54 Å². The molecule has 0 atom stereocenters. The molecule has 2 N–H and O–H groups in total. The van der Waals surface area contributed by atoms with Gasteiger partial charge >= 0.3 is 0 Å². The maximum Gasteiger partial charge on any atom is 0.253 e. The molecule has 8 heteroatoms. The number of nitrogens with one attached hydrogen (secondary N) is 2. The van der Waals surface area contributed by atoms with E-state index in [1.54, 1.807) is 33.0 Å². The van der Waals surface area contributed by atoms with Gasteiger partial charge in [-0.25, -0.2) is 0 Å². The standard InChI is InChI=1S/C17H24N6O2/c1-12-21-15(22-25-12)11-20-17(18-2)19-9-8-13-6-5-7-14(10-13)16(24)23(3)4/h5-7,10H,8-9,11H2,1-4H3,(H2,18,19,20). The second-order valence-corrected chi connectivity index (χ2v) is 5.73. The molecule has 0 unspecified atom stereocenters. The van der Waals surface area contributed by atoms with Gasteiger partial charge in [0, 0.05) is 40.2 Å². The fourth-order valence-electron chi connectivity index (χ4n) is 2.24. The quantitative estimate of drug-likeness (QED) is 0.599. The molecular formula is C17H24N6O2. The molecule has 0 aliphatic heterocycles. The summed E-state index contributed by atoms with van der Waals surface area (Å²) in [5.74, 6) is 1.77. The molecule has 1 amide bonds. The van der Waals surface area contributed by atoms with E-state index >= 15 is 0 Å². The van der Waals surface area contributed by atoms with Crippen LogP contribution in [0.15, 0.2) is 33.8 Å². The number of rotatable bonds is 6. The first kappa shape index (κ1) is 18.4. The molecule has 134 valence electrons. The lowest BCUT2D eigenvalue weighted by Crippen LogP contribution is -2.38. The van der Waals surface area contributed by atoms with Gasteiger partial charge < -0.3 is 20.1 Å². The summed E-state index contributed by atoms with van der Waals surface area (Å²) in [5.41, 5.74) is 1.78. The molecule has 1 aromatic carbocycles. The fourth-order valence-corrected chi connectivity index (χ4v) is 2.24. The minimum absolute atomic E-state index is 0.00249. The van der Waals surface area contributed by atoms with Crippen molar-refractivity contribution in [2.75, 3.05) is 27.7 Å². The highest BCUT2D eigenvalue weighted by molar-refractivity contribution is 5.94. The molecule has 25 heavy (non-hydrogen) atoms. The molecule has 2 rings (SSSR count). The van der Waals surface area contributed by atoms with Gasteiger partial charge in [0.15, 0.2) is 11.8 Å². The summed E-state index contributed by atoms with van der Waals surface area (Å²) in [7, 11) is 5.20. The van der Waals surface area contributed by atoms with Crippen molar-refractivity contribution in [2.45, 2.75) is 19.9 Å². The topological polar surface area (TPSA) is 95.7 Å². The van der Waals surface area contributed by atoms with E-state index in [0.717, 1.165) is 12.0 Å². The summed E-state index contributed by atoms with van der Waals surface area (Å²) in [6.45, 7) is 2.87. The number of guanidine groups is 1. The van der Waals surface area contributed by atoms with Crippen LogP contribution in [0.1, 0.15) is 27.6 Å². The van der Waals surface area contributed by atoms with Crippen molar-refractivity contribution >= 4 is 11.9 Å². The summed E-state index contributed by atoms with van der Waals surface area (Å²) in [6, 6.07) is 7.65. The van der Waals surface area contributed by atoms with Crippen molar-refractivity contribution in [1.82, 2.24) is 25.7 Å². The Morgan fingerprint density at radius 2 is 2.12 bits per heavy atom. The SMILES string of the molecule is CN=C(NCCc1cccc(C(=O)N(C)C)c1)NCc1noc(C)n1. The van der Waals surface area contributed by atoms with E-state index in [1.807, 2.05) is 24.3 Å². The van der Waals surface area contributed by atoms with Crippen molar-refractivity contribution in [3.05, 3.63) is 47.1 Å². The minimum Gasteiger partial charge on any atom is -0.356 e. The van der Waals surface area contributed by atoms with Crippen LogP contribution in [0.2, 0.25) is 0 Å². The normalized spacial score (nSPS) is 11.3. The Morgan fingerprint density at radius 1 is 1.32 bits per heavy atom. The number of carbonyl (C=O) groups excluding carboxylic acids is 1. The summed E-state index contributed by atoms with van der Waals surface area (Å²) in [4.78, 5) is 21.9. The molecule has 0 saturated heterocycles. The second kappa shape index (κ2) is 8.81. The van der Waals surface area contributed by atoms with Gasteiger partial charge in [0.25, 0.3) is 5.91 Å². The first-order chi connectivity index (χ1) is 12.0. The average molecular weight is 344 g/mol. The van der Waals surface area contributed by atoms with Crippen LogP contribution >= 0.6 is 0 Å². The second-order valence-electron chi connectivity index (χ2n) is 5.73. The van der Waals surface area contributed by atoms with E-state index in [1.165, 1.54) is 0 Å². The number of hydrogen-bond donors (Lipinski definition) is 2. The Hall–Kier alpha value is -2.90. The Morgan fingerprint density at radius 3 is 2.76 bits per heavy atom. The number of amides is 1. The first-order valence-corrected chi connectivity index (χ1v) is 8.04. The molecule has 2 aromatic rings. The van der Waals surface area contributed by atoms with Crippen LogP contribution in [-0.2, 0) is 13.0 Å². The summed E-state index contributed by atoms with van der Waals surface area (Å²) in [5, 5.41) is 10.2. The highest BCUT2D eigenvalue weighted by Gasteiger charge is 2.08. The van der Waals surface area contributed by atoms with Gasteiger partial charge in [-0.15, -0.1) is 0 Å². The van der Waals surface area contributed by atoms with E-state index in [0.29, 0.717) is 36.3 Å². The predicted molar refractivity (Wildman–Crippen MR) is 95.4 cm³/mol. The van der Waals surface area contributed by atoms with Gasteiger partial charge in [-0.1, -0.05) is 17.3 Å². The van der Waals surface area contributed by atoms with Crippen LogP contribution < -0.4 is 10.6 Å². The largest absolute Gasteiger partial charge is 0.356 e. The van der Waals surface area contributed by atoms with E-state index in [9.17, 15) is 4.79 Å². The van der Waals surface area contributed by atoms with Crippen LogP contribution in [0, 0.1) is 6.92 Å². The molecule has 0 saturated carbocycles. The van der Waals surface area contributed by atoms with E-state index in [-0.39, 0.29) is 5.91 Å². The fraction of sp³-hybridized carbons (Fsp3) is 0.412. The van der Waals surface area contributed by atoms with Crippen LogP contribution in [0.5, 0.6) is 0 Å². The summed E-state index contributed by atoms with van der Waals surface area (Å²) < 4.78 is 4.92. The molecule has 0 spiro atoms. The zero-order valence-electron chi connectivity index (χ0n) is 15.0. The third-order valence-electron chi connectivity index (χ3n) is 3.49. The number of hydrogen-bond acceptors (Lipinski definition) is 5. The van der Waals surface area contributed by atoms with Crippen molar-refractivity contribution in [1.29, 1.82) is 0 Å². The Kier molecular flexibility index (Phi) is 6.50. The molecule has 1 heterocycles. The van der Waals surface area contributed by atoms with Gasteiger partial charge in [0.1, 0.15) is 0 Å². The molecular weight excluding hydrogens is 320 g/mol. The maximum absolute atomic E-state index is 12.0. The van der Waals surface area contributed by atoms with Gasteiger partial charge in [-0.3, -0.25) is 9.79 Å². The number of aliphatic imine (C=N–C) groups is 1. The number of benzene rings is 1. The third-order valence-corrected chi connectivity index (χ3v) is 3.49. The van der Waals surface area contributed by atoms with Gasteiger partial charge in [-0.2, -0.15) is 4.98 Å². The predicted octanol–water partition coefficient (Wildman–Crippen LogP) is 0.988. The van der Waals surface area contributed by atoms with Crippen molar-refractivity contribution < 1.29 is 9.32 Å². The highest BCUT2D eigenvalue weighted by Crippen LogP contribution is 2.07. The Balaban J connectivity index is 1.82. The third kappa shape index (κ3) is 5.59. The number of carbonyl (C=O) groups is 1. The van der Waals surface area contributed by atoms with E-state index in [4.69, 9.17) is 4.52 Å². The van der Waals surface area contributed by atoms with E-state index < -0.39 is 0 Å². The lowest BCUT2D eigenvalue weighted by molar-refractivity contribution is 0.0827. The zero-order chi connectivity index (χ0) is 18.2. The molecule has 0 aliphatic carbocycles. The molecule has 0 aliphatic rings. The number of aromatic nitrogens is 2. The Labute approximate surface area is 147 Å². The van der Waals surface area contributed by atoms with Crippen molar-refractivity contribution in [3.8, 4) is 0 Å². The highest BCUT2D eigenvalue weighted by atomic mass is 16.5. The lowest BCUT2D eigenvalue weighted by atomic mass is 10.1. The zero-order valence-corrected chi connectivity index (χ0v) is 15.0. The van der Waals surface area contributed by atoms with Crippen molar-refractivity contribution in [3.63, 3.8) is 0 Å². The molecule has 0 radical (unpaired) electrons. The Bertz CT molecular complexity index is 738. The van der Waals surface area contributed by atoms with Crippen LogP contribution in [-0.4, -0.2) is 54.6 Å². The van der Waals surface area contributed by atoms with Crippen LogP contribution in [0.25, 0.3) is 0 Å². The average Bonchev–Trinajstić information content (AvgIpc) is 3.02. The number of aryl methyl sites for hydroxylation is 1. The summed E-state index contributed by atoms with van der Waals surface area (Å²) >= 11 is 0. The van der Waals surface area contributed by atoms with Crippen molar-refractivity contribution in [2.24, 2.45) is 4.99 Å². The summed E-state index contributed by atoms with van der Waals surface area (Å²) in [6.07, 6.45) is 0.774. The molecule has 1 aromatic heterocycles. The van der Waals surface area contributed by atoms with E-state index in [2.05, 4.69) is 25.8 Å². The van der Waals surface area contributed by atoms with Crippen LogP contribution in [0.4, 0.5) is 0 Å². The monoisotopic (exact) mass is 344 g/mol. The minimum atomic E-state index is 0.00249. The first-order valence-electron chi connectivity index (χ1n) is 8.04. The molecule has 0 fully saturated rings. The number of nitrogens with zero attached hydrogens (tertiary/aromatic N) is 4. The molecule has 0 bridgehead atoms. The lowest BCUT2D eigenvalue weighted by Gasteiger charge is -2.12. The van der Waals surface area contributed by atoms with Gasteiger partial charge in [0.2, 0.25) is 5.89 Å². The molecule has 8 nitrogen and oxygen atoms in total. The van der Waals surface area contributed by atoms with Gasteiger partial charge in [-0.05, 0) is 24.1 Å². The maximum atomic E-state index is 12.0. The smallest absolute Gasteiger partial charge is 0.253 e. The van der Waals surface area contributed by atoms with Crippen LogP contribution in [0.3, 0.4) is 0 Å².